The predicted octanol–water partition coefficient (Wildman–Crippen LogP) is 5.00. The lowest BCUT2D eigenvalue weighted by molar-refractivity contribution is -0.123. The zero-order chi connectivity index (χ0) is 19.6. The van der Waals surface area contributed by atoms with Crippen LogP contribution in [0.3, 0.4) is 0 Å². The summed E-state index contributed by atoms with van der Waals surface area (Å²) in [4.78, 5) is 12.1. The number of ether oxygens (including phenoxy) is 2. The first-order valence-electron chi connectivity index (χ1n) is 9.48. The van der Waals surface area contributed by atoms with Gasteiger partial charge < -0.3 is 14.8 Å². The van der Waals surface area contributed by atoms with Crippen LogP contribution in [-0.2, 0) is 11.2 Å². The van der Waals surface area contributed by atoms with E-state index in [0.717, 1.165) is 18.6 Å². The fraction of sp³-hybridized carbons (Fsp3) is 0.208. The summed E-state index contributed by atoms with van der Waals surface area (Å²) in [5.74, 6) is 1.89. The van der Waals surface area contributed by atoms with E-state index in [1.807, 2.05) is 73.7 Å². The zero-order valence-corrected chi connectivity index (χ0v) is 16.0. The molecule has 0 aliphatic carbocycles. The molecular weight excluding hydrogens is 350 g/mol. The largest absolute Gasteiger partial charge is 0.484 e. The van der Waals surface area contributed by atoms with E-state index in [4.69, 9.17) is 9.47 Å². The lowest BCUT2D eigenvalue weighted by atomic mass is 10.1. The number of para-hydroxylation sites is 1. The van der Waals surface area contributed by atoms with Gasteiger partial charge in [-0.3, -0.25) is 4.79 Å². The highest BCUT2D eigenvalue weighted by Crippen LogP contribution is 2.24. The number of benzene rings is 3. The fourth-order valence-corrected chi connectivity index (χ4v) is 2.82. The summed E-state index contributed by atoms with van der Waals surface area (Å²) in [7, 11) is 0. The second-order valence-corrected chi connectivity index (χ2v) is 6.67. The van der Waals surface area contributed by atoms with Crippen molar-refractivity contribution < 1.29 is 14.3 Å². The molecule has 0 radical (unpaired) electrons. The monoisotopic (exact) mass is 375 g/mol. The number of rotatable bonds is 9. The van der Waals surface area contributed by atoms with Crippen molar-refractivity contribution in [2.24, 2.45) is 0 Å². The first-order valence-corrected chi connectivity index (χ1v) is 9.48. The number of hydrogen-bond donors (Lipinski definition) is 1. The molecule has 1 N–H and O–H groups in total. The number of hydrogen-bond acceptors (Lipinski definition) is 3. The number of nitrogens with one attached hydrogen (secondary N) is 1. The van der Waals surface area contributed by atoms with Gasteiger partial charge in [-0.25, -0.2) is 0 Å². The molecule has 28 heavy (non-hydrogen) atoms. The molecule has 3 aromatic rings. The maximum atomic E-state index is 12.1. The number of aryl methyl sites for hydroxylation is 1. The van der Waals surface area contributed by atoms with Gasteiger partial charge >= 0.3 is 0 Å². The van der Waals surface area contributed by atoms with E-state index in [-0.39, 0.29) is 18.6 Å². The Morgan fingerprint density at radius 3 is 2.25 bits per heavy atom. The second-order valence-electron chi connectivity index (χ2n) is 6.67. The summed E-state index contributed by atoms with van der Waals surface area (Å²) in [6.07, 6.45) is 1.82. The third-order valence-corrected chi connectivity index (χ3v) is 4.27. The van der Waals surface area contributed by atoms with Gasteiger partial charge in [-0.15, -0.1) is 0 Å². The van der Waals surface area contributed by atoms with Crippen molar-refractivity contribution in [3.63, 3.8) is 0 Å². The van der Waals surface area contributed by atoms with E-state index >= 15 is 0 Å². The van der Waals surface area contributed by atoms with Crippen molar-refractivity contribution in [1.29, 1.82) is 0 Å². The average Bonchev–Trinajstić information content (AvgIpc) is 2.73. The minimum atomic E-state index is -0.130. The van der Waals surface area contributed by atoms with E-state index in [2.05, 4.69) is 17.4 Å². The molecule has 144 valence electrons. The minimum Gasteiger partial charge on any atom is -0.484 e. The molecule has 0 aliphatic heterocycles. The van der Waals surface area contributed by atoms with Crippen molar-refractivity contribution in [3.8, 4) is 17.2 Å². The smallest absolute Gasteiger partial charge is 0.258 e. The molecule has 0 saturated carbocycles. The number of carbonyl (C=O) groups excluding carboxylic acids is 1. The molecule has 4 heteroatoms. The molecule has 1 atom stereocenters. The molecule has 0 heterocycles. The standard InChI is InChI=1S/C24H25NO3/c1-19(15-16-20-9-4-2-5-10-20)25-24(26)18-27-22-13-8-14-23(17-22)28-21-11-6-3-7-12-21/h2-14,17,19H,15-16,18H2,1H3,(H,25,26)/t19-/m0/s1. The van der Waals surface area contributed by atoms with Crippen LogP contribution in [0.15, 0.2) is 84.9 Å². The van der Waals surface area contributed by atoms with Crippen LogP contribution in [0.2, 0.25) is 0 Å². The Morgan fingerprint density at radius 2 is 1.50 bits per heavy atom. The summed E-state index contributed by atoms with van der Waals surface area (Å²) < 4.78 is 11.4. The minimum absolute atomic E-state index is 0.0233. The maximum Gasteiger partial charge on any atom is 0.258 e. The molecule has 4 nitrogen and oxygen atoms in total. The summed E-state index contributed by atoms with van der Waals surface area (Å²) in [5, 5.41) is 2.98. The zero-order valence-electron chi connectivity index (χ0n) is 16.0. The SMILES string of the molecule is C[C@@H](CCc1ccccc1)NC(=O)COc1cccc(Oc2ccccc2)c1. The molecule has 0 saturated heterocycles. The van der Waals surface area contributed by atoms with Crippen molar-refractivity contribution in [1.82, 2.24) is 5.32 Å². The quantitative estimate of drug-likeness (QED) is 0.573. The van der Waals surface area contributed by atoms with Crippen molar-refractivity contribution >= 4 is 5.91 Å². The van der Waals surface area contributed by atoms with Crippen molar-refractivity contribution in [3.05, 3.63) is 90.5 Å². The molecule has 0 bridgehead atoms. The van der Waals surface area contributed by atoms with Gasteiger partial charge in [-0.1, -0.05) is 54.6 Å². The molecule has 3 aromatic carbocycles. The third kappa shape index (κ3) is 6.47. The van der Waals surface area contributed by atoms with Crippen LogP contribution in [0.5, 0.6) is 17.2 Å². The number of amides is 1. The highest BCUT2D eigenvalue weighted by atomic mass is 16.5. The first kappa shape index (κ1) is 19.5. The molecule has 0 unspecified atom stereocenters. The topological polar surface area (TPSA) is 47.6 Å². The lowest BCUT2D eigenvalue weighted by Gasteiger charge is -2.14. The van der Waals surface area contributed by atoms with Crippen LogP contribution >= 0.6 is 0 Å². The Hall–Kier alpha value is -3.27. The van der Waals surface area contributed by atoms with E-state index in [9.17, 15) is 4.79 Å². The highest BCUT2D eigenvalue weighted by Gasteiger charge is 2.09. The molecule has 0 fully saturated rings. The first-order chi connectivity index (χ1) is 13.7. The van der Waals surface area contributed by atoms with Gasteiger partial charge in [0.1, 0.15) is 17.2 Å². The summed E-state index contributed by atoms with van der Waals surface area (Å²) >= 11 is 0. The molecule has 0 aromatic heterocycles. The average molecular weight is 375 g/mol. The van der Waals surface area contributed by atoms with Crippen LogP contribution < -0.4 is 14.8 Å². The van der Waals surface area contributed by atoms with Gasteiger partial charge in [-0.2, -0.15) is 0 Å². The predicted molar refractivity (Wildman–Crippen MR) is 111 cm³/mol. The fourth-order valence-electron chi connectivity index (χ4n) is 2.82. The normalized spacial score (nSPS) is 11.5. The van der Waals surface area contributed by atoms with Crippen LogP contribution in [0.25, 0.3) is 0 Å². The Kier molecular flexibility index (Phi) is 7.08. The van der Waals surface area contributed by atoms with Gasteiger partial charge in [0.25, 0.3) is 5.91 Å². The molecule has 0 aliphatic rings. The Labute approximate surface area is 166 Å². The van der Waals surface area contributed by atoms with Gasteiger partial charge in [-0.05, 0) is 49.6 Å². The summed E-state index contributed by atoms with van der Waals surface area (Å²) in [6.45, 7) is 1.99. The molecular formula is C24H25NO3. The summed E-state index contributed by atoms with van der Waals surface area (Å²) in [6, 6.07) is 27.2. The second kappa shape index (κ2) is 10.2. The van der Waals surface area contributed by atoms with Crippen LogP contribution in [-0.4, -0.2) is 18.6 Å². The Bertz CT molecular complexity index is 865. The van der Waals surface area contributed by atoms with E-state index in [0.29, 0.717) is 11.5 Å². The van der Waals surface area contributed by atoms with Gasteiger partial charge in [0, 0.05) is 12.1 Å². The van der Waals surface area contributed by atoms with Crippen molar-refractivity contribution in [2.45, 2.75) is 25.8 Å². The third-order valence-electron chi connectivity index (χ3n) is 4.27. The van der Waals surface area contributed by atoms with E-state index < -0.39 is 0 Å². The molecule has 1 amide bonds. The van der Waals surface area contributed by atoms with Crippen LogP contribution in [0, 0.1) is 0 Å². The Morgan fingerprint density at radius 1 is 0.857 bits per heavy atom. The van der Waals surface area contributed by atoms with E-state index in [1.54, 1.807) is 6.07 Å². The lowest BCUT2D eigenvalue weighted by Crippen LogP contribution is -2.36. The number of carbonyl (C=O) groups is 1. The van der Waals surface area contributed by atoms with Crippen LogP contribution in [0.1, 0.15) is 18.9 Å². The van der Waals surface area contributed by atoms with E-state index in [1.165, 1.54) is 5.56 Å². The maximum absolute atomic E-state index is 12.1. The molecule has 3 rings (SSSR count). The van der Waals surface area contributed by atoms with Crippen LogP contribution in [0.4, 0.5) is 0 Å². The van der Waals surface area contributed by atoms with Crippen molar-refractivity contribution in [2.75, 3.05) is 6.61 Å². The van der Waals surface area contributed by atoms with Gasteiger partial charge in [0.2, 0.25) is 0 Å². The van der Waals surface area contributed by atoms with Gasteiger partial charge in [0.05, 0.1) is 0 Å². The van der Waals surface area contributed by atoms with Gasteiger partial charge in [0.15, 0.2) is 6.61 Å². The highest BCUT2D eigenvalue weighted by molar-refractivity contribution is 5.77. The summed E-state index contributed by atoms with van der Waals surface area (Å²) in [5.41, 5.74) is 1.27. The molecule has 0 spiro atoms. The Balaban J connectivity index is 1.43.